The topological polar surface area (TPSA) is 71.0 Å². The molecule has 9 heteroatoms. The van der Waals surface area contributed by atoms with Crippen molar-refractivity contribution in [2.75, 3.05) is 19.0 Å². The second-order valence-electron chi connectivity index (χ2n) is 7.83. The smallest absolute Gasteiger partial charge is 0.242 e. The Morgan fingerprint density at radius 3 is 2.57 bits per heavy atom. The number of amidine groups is 1. The monoisotopic (exact) mass is 603 g/mol. The van der Waals surface area contributed by atoms with Crippen molar-refractivity contribution in [1.29, 1.82) is 0 Å². The van der Waals surface area contributed by atoms with Crippen molar-refractivity contribution in [3.05, 3.63) is 87.7 Å². The van der Waals surface area contributed by atoms with Gasteiger partial charge in [0.2, 0.25) is 11.8 Å². The number of benzene rings is 3. The van der Waals surface area contributed by atoms with Crippen LogP contribution in [0.15, 0.2) is 77.8 Å². The fraction of sp³-hybridized carbons (Fsp3) is 0.192. The van der Waals surface area contributed by atoms with E-state index in [1.807, 2.05) is 48.5 Å². The summed E-state index contributed by atoms with van der Waals surface area (Å²) in [4.78, 5) is 32.2. The molecular formula is C26H23FIN3O3S. The summed E-state index contributed by atoms with van der Waals surface area (Å²) in [7, 11) is 1.61. The number of nitrogens with one attached hydrogen (secondary N) is 1. The van der Waals surface area contributed by atoms with E-state index in [2.05, 4.69) is 32.9 Å². The van der Waals surface area contributed by atoms with Gasteiger partial charge in [0, 0.05) is 22.2 Å². The normalized spacial score (nSPS) is 16.5. The van der Waals surface area contributed by atoms with Crippen LogP contribution in [0.1, 0.15) is 12.0 Å². The van der Waals surface area contributed by atoms with Crippen molar-refractivity contribution in [2.24, 2.45) is 4.99 Å². The number of nitrogens with zero attached hydrogens (tertiary/aromatic N) is 2. The van der Waals surface area contributed by atoms with E-state index < -0.39 is 5.25 Å². The average Bonchev–Trinajstić information content (AvgIpc) is 3.13. The molecule has 1 fully saturated rings. The summed E-state index contributed by atoms with van der Waals surface area (Å²) < 4.78 is 19.5. The largest absolute Gasteiger partial charge is 0.497 e. The molecule has 1 unspecified atom stereocenters. The fourth-order valence-corrected chi connectivity index (χ4v) is 5.26. The van der Waals surface area contributed by atoms with E-state index in [4.69, 9.17) is 4.74 Å². The van der Waals surface area contributed by atoms with Gasteiger partial charge in [0.25, 0.3) is 0 Å². The molecule has 3 aromatic rings. The molecule has 1 N–H and O–H groups in total. The summed E-state index contributed by atoms with van der Waals surface area (Å²) in [5.74, 6) is 0.00281. The van der Waals surface area contributed by atoms with Crippen molar-refractivity contribution in [3.8, 4) is 5.75 Å². The van der Waals surface area contributed by atoms with Gasteiger partial charge in [-0.05, 0) is 89.2 Å². The van der Waals surface area contributed by atoms with E-state index >= 15 is 0 Å². The molecule has 0 aromatic heterocycles. The van der Waals surface area contributed by atoms with E-state index in [9.17, 15) is 14.0 Å². The average molecular weight is 603 g/mol. The molecule has 35 heavy (non-hydrogen) atoms. The molecule has 6 nitrogen and oxygen atoms in total. The molecule has 3 aromatic carbocycles. The first kappa shape index (κ1) is 25.2. The van der Waals surface area contributed by atoms with Crippen LogP contribution in [0.5, 0.6) is 5.75 Å². The highest BCUT2D eigenvalue weighted by Gasteiger charge is 2.39. The van der Waals surface area contributed by atoms with Crippen LogP contribution in [0.3, 0.4) is 0 Å². The van der Waals surface area contributed by atoms with Gasteiger partial charge in [0.1, 0.15) is 16.8 Å². The Morgan fingerprint density at radius 2 is 1.89 bits per heavy atom. The van der Waals surface area contributed by atoms with Gasteiger partial charge in [0.15, 0.2) is 5.17 Å². The van der Waals surface area contributed by atoms with Crippen LogP contribution in [-0.2, 0) is 16.0 Å². The van der Waals surface area contributed by atoms with E-state index in [-0.39, 0.29) is 24.1 Å². The lowest BCUT2D eigenvalue weighted by molar-refractivity contribution is -0.128. The predicted molar refractivity (Wildman–Crippen MR) is 146 cm³/mol. The van der Waals surface area contributed by atoms with E-state index in [0.717, 1.165) is 14.9 Å². The molecule has 2 amide bonds. The van der Waals surface area contributed by atoms with Gasteiger partial charge in [-0.3, -0.25) is 14.5 Å². The number of hydrogen-bond acceptors (Lipinski definition) is 5. The summed E-state index contributed by atoms with van der Waals surface area (Å²) in [5.41, 5.74) is 2.28. The molecule has 0 spiro atoms. The highest BCUT2D eigenvalue weighted by Crippen LogP contribution is 2.32. The lowest BCUT2D eigenvalue weighted by atomic mass is 10.1. The molecule has 1 aliphatic heterocycles. The fourth-order valence-electron chi connectivity index (χ4n) is 3.54. The predicted octanol–water partition coefficient (Wildman–Crippen LogP) is 5.64. The van der Waals surface area contributed by atoms with Crippen molar-refractivity contribution >= 4 is 62.7 Å². The van der Waals surface area contributed by atoms with Gasteiger partial charge in [-0.15, -0.1) is 0 Å². The molecule has 0 radical (unpaired) electrons. The molecule has 1 aliphatic rings. The standard InChI is InChI=1S/C26H23FIN3O3S/c1-34-22-11-5-17(6-12-22)13-14-31-25(33)23(16-24(32)29-21-4-2-3-19(28)15-21)35-26(31)30-20-9-7-18(27)8-10-20/h2-12,15,23H,13-14,16H2,1H3,(H,29,32). The van der Waals surface area contributed by atoms with Crippen molar-refractivity contribution in [3.63, 3.8) is 0 Å². The number of carbonyl (C=O) groups excluding carboxylic acids is 2. The maximum Gasteiger partial charge on any atom is 0.242 e. The molecular weight excluding hydrogens is 580 g/mol. The van der Waals surface area contributed by atoms with Gasteiger partial charge >= 0.3 is 0 Å². The Morgan fingerprint density at radius 1 is 1.14 bits per heavy atom. The summed E-state index contributed by atoms with van der Waals surface area (Å²) in [5, 5.41) is 2.78. The second kappa shape index (κ2) is 11.7. The van der Waals surface area contributed by atoms with Gasteiger partial charge in [0.05, 0.1) is 12.8 Å². The molecule has 180 valence electrons. The summed E-state index contributed by atoms with van der Waals surface area (Å²) in [6.07, 6.45) is 0.635. The molecule has 1 heterocycles. The van der Waals surface area contributed by atoms with Crippen LogP contribution in [0.2, 0.25) is 0 Å². The van der Waals surface area contributed by atoms with Crippen LogP contribution in [0.4, 0.5) is 15.8 Å². The van der Waals surface area contributed by atoms with Crippen LogP contribution < -0.4 is 10.1 Å². The lowest BCUT2D eigenvalue weighted by Crippen LogP contribution is -2.35. The molecule has 1 saturated heterocycles. The number of ether oxygens (including phenoxy) is 1. The molecule has 0 saturated carbocycles. The summed E-state index contributed by atoms with van der Waals surface area (Å²) in [6.45, 7) is 0.410. The zero-order valence-corrected chi connectivity index (χ0v) is 21.9. The maximum absolute atomic E-state index is 13.3. The van der Waals surface area contributed by atoms with Crippen molar-refractivity contribution in [2.45, 2.75) is 18.1 Å². The number of amides is 2. The number of rotatable bonds is 8. The van der Waals surface area contributed by atoms with E-state index in [0.29, 0.717) is 29.5 Å². The third-order valence-electron chi connectivity index (χ3n) is 5.33. The second-order valence-corrected chi connectivity index (χ2v) is 10.2. The first-order valence-corrected chi connectivity index (χ1v) is 12.9. The van der Waals surface area contributed by atoms with Crippen LogP contribution in [0.25, 0.3) is 0 Å². The number of hydrogen-bond donors (Lipinski definition) is 1. The first-order valence-electron chi connectivity index (χ1n) is 10.9. The van der Waals surface area contributed by atoms with Gasteiger partial charge in [-0.1, -0.05) is 30.0 Å². The zero-order valence-electron chi connectivity index (χ0n) is 18.9. The highest BCUT2D eigenvalue weighted by molar-refractivity contribution is 14.1. The number of carbonyl (C=O) groups is 2. The summed E-state index contributed by atoms with van der Waals surface area (Å²) in [6, 6.07) is 20.9. The third-order valence-corrected chi connectivity index (χ3v) is 7.18. The van der Waals surface area contributed by atoms with Gasteiger partial charge in [-0.25, -0.2) is 9.38 Å². The third kappa shape index (κ3) is 6.82. The van der Waals surface area contributed by atoms with Crippen LogP contribution in [0, 0.1) is 9.39 Å². The highest BCUT2D eigenvalue weighted by atomic mass is 127. The van der Waals surface area contributed by atoms with Crippen LogP contribution in [-0.4, -0.2) is 40.8 Å². The number of aliphatic imine (C=N–C) groups is 1. The maximum atomic E-state index is 13.3. The minimum Gasteiger partial charge on any atom is -0.497 e. The SMILES string of the molecule is COc1ccc(CCN2C(=O)C(CC(=O)Nc3cccc(I)c3)SC2=Nc2ccc(F)cc2)cc1. The Balaban J connectivity index is 1.49. The van der Waals surface area contributed by atoms with E-state index in [1.54, 1.807) is 24.1 Å². The quantitative estimate of drug-likeness (QED) is 0.339. The summed E-state index contributed by atoms with van der Waals surface area (Å²) >= 11 is 3.44. The Labute approximate surface area is 221 Å². The Bertz CT molecular complexity index is 1240. The number of halogens is 2. The van der Waals surface area contributed by atoms with Crippen molar-refractivity contribution in [1.82, 2.24) is 4.90 Å². The van der Waals surface area contributed by atoms with E-state index in [1.165, 1.54) is 23.9 Å². The zero-order chi connectivity index (χ0) is 24.8. The van der Waals surface area contributed by atoms with Gasteiger partial charge in [-0.2, -0.15) is 0 Å². The first-order chi connectivity index (χ1) is 16.9. The molecule has 0 bridgehead atoms. The van der Waals surface area contributed by atoms with Crippen molar-refractivity contribution < 1.29 is 18.7 Å². The molecule has 0 aliphatic carbocycles. The number of thioether (sulfide) groups is 1. The Hall–Kier alpha value is -2.92. The van der Waals surface area contributed by atoms with Crippen LogP contribution >= 0.6 is 34.4 Å². The number of methoxy groups -OCH3 is 1. The minimum atomic E-state index is -0.590. The molecule has 4 rings (SSSR count). The minimum absolute atomic E-state index is 0.0243. The number of anilines is 1. The lowest BCUT2D eigenvalue weighted by Gasteiger charge is -2.16. The van der Waals surface area contributed by atoms with Gasteiger partial charge < -0.3 is 10.1 Å². The Kier molecular flexibility index (Phi) is 8.40. The molecule has 1 atom stereocenters.